The molecule has 1 fully saturated rings. The molecule has 0 spiro atoms. The number of hydrogen-bond acceptors (Lipinski definition) is 3. The molecule has 0 amide bonds. The second kappa shape index (κ2) is 7.53. The zero-order valence-corrected chi connectivity index (χ0v) is 11.3. The van der Waals surface area contributed by atoms with Crippen molar-refractivity contribution in [3.8, 4) is 0 Å². The molecule has 1 aliphatic rings. The maximum atomic E-state index is 3.60. The second-order valence-corrected chi connectivity index (χ2v) is 5.95. The van der Waals surface area contributed by atoms with Crippen LogP contribution in [0.25, 0.3) is 0 Å². The van der Waals surface area contributed by atoms with E-state index in [1.165, 1.54) is 45.3 Å². The number of hydrogen-bond donors (Lipinski definition) is 1. The molecule has 1 saturated heterocycles. The van der Waals surface area contributed by atoms with Crippen LogP contribution >= 0.6 is 11.8 Å². The summed E-state index contributed by atoms with van der Waals surface area (Å²) in [5.74, 6) is 0. The van der Waals surface area contributed by atoms with Crippen molar-refractivity contribution in [2.24, 2.45) is 0 Å². The first-order valence-corrected chi connectivity index (χ1v) is 7.46. The number of thioether (sulfide) groups is 1. The van der Waals surface area contributed by atoms with Gasteiger partial charge in [-0.2, -0.15) is 11.8 Å². The van der Waals surface area contributed by atoms with Crippen LogP contribution in [0.15, 0.2) is 0 Å². The SMILES string of the molecule is CSC(C)CCNCC1CCCCN1C. The topological polar surface area (TPSA) is 15.3 Å². The van der Waals surface area contributed by atoms with Crippen molar-refractivity contribution in [1.82, 2.24) is 10.2 Å². The molecule has 0 aromatic rings. The number of nitrogens with one attached hydrogen (secondary N) is 1. The van der Waals surface area contributed by atoms with Crippen molar-refractivity contribution >= 4 is 11.8 Å². The van der Waals surface area contributed by atoms with Gasteiger partial charge in [0.25, 0.3) is 0 Å². The maximum Gasteiger partial charge on any atom is 0.0217 e. The lowest BCUT2D eigenvalue weighted by molar-refractivity contribution is 0.182. The molecule has 2 unspecified atom stereocenters. The van der Waals surface area contributed by atoms with Crippen LogP contribution in [0, 0.1) is 0 Å². The molecule has 1 rings (SSSR count). The van der Waals surface area contributed by atoms with Gasteiger partial charge in [0.2, 0.25) is 0 Å². The van der Waals surface area contributed by atoms with E-state index < -0.39 is 0 Å². The molecule has 1 N–H and O–H groups in total. The fourth-order valence-corrected chi connectivity index (χ4v) is 2.45. The van der Waals surface area contributed by atoms with E-state index >= 15 is 0 Å². The fourth-order valence-electron chi connectivity index (χ4n) is 2.09. The lowest BCUT2D eigenvalue weighted by Crippen LogP contribution is -2.43. The summed E-state index contributed by atoms with van der Waals surface area (Å²) < 4.78 is 0. The standard InChI is InChI=1S/C12H26N2S/c1-11(15-3)7-8-13-10-12-6-4-5-9-14(12)2/h11-13H,4-10H2,1-3H3. The molecule has 3 heteroatoms. The Balaban J connectivity index is 2.03. The molecule has 0 aliphatic carbocycles. The average Bonchev–Trinajstić information content (AvgIpc) is 2.26. The van der Waals surface area contributed by atoms with Crippen LogP contribution in [0.4, 0.5) is 0 Å². The molecule has 0 saturated carbocycles. The number of likely N-dealkylation sites (N-methyl/N-ethyl adjacent to an activating group) is 1. The lowest BCUT2D eigenvalue weighted by atomic mass is 10.0. The van der Waals surface area contributed by atoms with Crippen LogP contribution in [-0.4, -0.2) is 49.1 Å². The Labute approximate surface area is 99.2 Å². The van der Waals surface area contributed by atoms with Gasteiger partial charge in [0.05, 0.1) is 0 Å². The van der Waals surface area contributed by atoms with Crippen molar-refractivity contribution in [2.75, 3.05) is 32.9 Å². The molecule has 0 radical (unpaired) electrons. The summed E-state index contributed by atoms with van der Waals surface area (Å²) in [6, 6.07) is 0.781. The van der Waals surface area contributed by atoms with E-state index in [-0.39, 0.29) is 0 Å². The molecule has 0 aromatic heterocycles. The highest BCUT2D eigenvalue weighted by atomic mass is 32.2. The molecular formula is C12H26N2S. The van der Waals surface area contributed by atoms with Crippen molar-refractivity contribution in [3.63, 3.8) is 0 Å². The van der Waals surface area contributed by atoms with Crippen molar-refractivity contribution in [1.29, 1.82) is 0 Å². The van der Waals surface area contributed by atoms with Gasteiger partial charge in [-0.1, -0.05) is 13.3 Å². The van der Waals surface area contributed by atoms with E-state index in [9.17, 15) is 0 Å². The third-order valence-electron chi connectivity index (χ3n) is 3.43. The van der Waals surface area contributed by atoms with Gasteiger partial charge < -0.3 is 10.2 Å². The van der Waals surface area contributed by atoms with Gasteiger partial charge in [-0.15, -0.1) is 0 Å². The van der Waals surface area contributed by atoms with E-state index in [0.717, 1.165) is 11.3 Å². The summed E-state index contributed by atoms with van der Waals surface area (Å²) in [7, 11) is 2.26. The summed E-state index contributed by atoms with van der Waals surface area (Å²) in [6.07, 6.45) is 7.66. The second-order valence-electron chi connectivity index (χ2n) is 4.67. The zero-order chi connectivity index (χ0) is 11.1. The smallest absolute Gasteiger partial charge is 0.0217 e. The first kappa shape index (κ1) is 13.3. The summed E-state index contributed by atoms with van der Waals surface area (Å²) in [6.45, 7) is 5.94. The molecule has 2 atom stereocenters. The summed E-state index contributed by atoms with van der Waals surface area (Å²) in [5.41, 5.74) is 0. The van der Waals surface area contributed by atoms with Crippen molar-refractivity contribution in [2.45, 2.75) is 43.9 Å². The molecule has 15 heavy (non-hydrogen) atoms. The fraction of sp³-hybridized carbons (Fsp3) is 1.00. The van der Waals surface area contributed by atoms with Crippen LogP contribution in [0.2, 0.25) is 0 Å². The van der Waals surface area contributed by atoms with Gasteiger partial charge in [0.1, 0.15) is 0 Å². The van der Waals surface area contributed by atoms with Crippen molar-refractivity contribution in [3.05, 3.63) is 0 Å². The van der Waals surface area contributed by atoms with E-state index in [1.807, 2.05) is 11.8 Å². The summed E-state index contributed by atoms with van der Waals surface area (Å²) >= 11 is 1.96. The quantitative estimate of drug-likeness (QED) is 0.704. The largest absolute Gasteiger partial charge is 0.315 e. The van der Waals surface area contributed by atoms with Gasteiger partial charge in [-0.3, -0.25) is 0 Å². The van der Waals surface area contributed by atoms with Gasteiger partial charge in [-0.25, -0.2) is 0 Å². The number of nitrogens with zero attached hydrogens (tertiary/aromatic N) is 1. The first-order chi connectivity index (χ1) is 7.24. The Morgan fingerprint density at radius 1 is 1.47 bits per heavy atom. The molecule has 1 aliphatic heterocycles. The van der Waals surface area contributed by atoms with Crippen LogP contribution in [0.3, 0.4) is 0 Å². The third kappa shape index (κ3) is 5.23. The minimum atomic E-state index is 0.781. The van der Waals surface area contributed by atoms with Gasteiger partial charge in [0, 0.05) is 17.8 Å². The molecular weight excluding hydrogens is 204 g/mol. The Kier molecular flexibility index (Phi) is 6.69. The number of piperidine rings is 1. The Morgan fingerprint density at radius 3 is 2.93 bits per heavy atom. The van der Waals surface area contributed by atoms with Crippen LogP contribution in [-0.2, 0) is 0 Å². The van der Waals surface area contributed by atoms with Crippen LogP contribution < -0.4 is 5.32 Å². The van der Waals surface area contributed by atoms with Gasteiger partial charge in [-0.05, 0) is 45.7 Å². The van der Waals surface area contributed by atoms with Crippen molar-refractivity contribution < 1.29 is 0 Å². The third-order valence-corrected chi connectivity index (χ3v) is 4.47. The van der Waals surface area contributed by atoms with Gasteiger partial charge >= 0.3 is 0 Å². The Bertz CT molecular complexity index is 164. The molecule has 0 bridgehead atoms. The molecule has 90 valence electrons. The highest BCUT2D eigenvalue weighted by Gasteiger charge is 2.17. The number of rotatable bonds is 6. The zero-order valence-electron chi connectivity index (χ0n) is 10.5. The molecule has 1 heterocycles. The number of likely N-dealkylation sites (tertiary alicyclic amines) is 1. The highest BCUT2D eigenvalue weighted by molar-refractivity contribution is 7.99. The Morgan fingerprint density at radius 2 is 2.27 bits per heavy atom. The molecule has 0 aromatic carbocycles. The van der Waals surface area contributed by atoms with Crippen LogP contribution in [0.5, 0.6) is 0 Å². The van der Waals surface area contributed by atoms with Crippen LogP contribution in [0.1, 0.15) is 32.6 Å². The van der Waals surface area contributed by atoms with E-state index in [2.05, 4.69) is 30.4 Å². The van der Waals surface area contributed by atoms with E-state index in [4.69, 9.17) is 0 Å². The monoisotopic (exact) mass is 230 g/mol. The van der Waals surface area contributed by atoms with Gasteiger partial charge in [0.15, 0.2) is 0 Å². The lowest BCUT2D eigenvalue weighted by Gasteiger charge is -2.32. The predicted molar refractivity (Wildman–Crippen MR) is 70.7 cm³/mol. The Hall–Kier alpha value is 0.270. The molecule has 2 nitrogen and oxygen atoms in total. The first-order valence-electron chi connectivity index (χ1n) is 6.17. The predicted octanol–water partition coefficient (Wildman–Crippen LogP) is 2.20. The van der Waals surface area contributed by atoms with E-state index in [0.29, 0.717) is 0 Å². The average molecular weight is 230 g/mol. The summed E-state index contributed by atoms with van der Waals surface area (Å²) in [4.78, 5) is 2.51. The maximum absolute atomic E-state index is 3.60. The summed E-state index contributed by atoms with van der Waals surface area (Å²) in [5, 5.41) is 4.39. The highest BCUT2D eigenvalue weighted by Crippen LogP contribution is 2.14. The normalized spacial score (nSPS) is 25.4. The van der Waals surface area contributed by atoms with E-state index in [1.54, 1.807) is 0 Å². The minimum Gasteiger partial charge on any atom is -0.315 e. The minimum absolute atomic E-state index is 0.781.